The molecule has 1 saturated carbocycles. The van der Waals surface area contributed by atoms with Gasteiger partial charge in [-0.15, -0.1) is 0 Å². The van der Waals surface area contributed by atoms with E-state index in [1.54, 1.807) is 0 Å². The Morgan fingerprint density at radius 1 is 1.14 bits per heavy atom. The predicted molar refractivity (Wildman–Crippen MR) is 147 cm³/mol. The summed E-state index contributed by atoms with van der Waals surface area (Å²) in [5.41, 5.74) is 6.76. The molecule has 0 bridgehead atoms. The van der Waals surface area contributed by atoms with Crippen LogP contribution in [-0.2, 0) is 20.8 Å². The minimum Gasteiger partial charge on any atom is -0.465 e. The van der Waals surface area contributed by atoms with Gasteiger partial charge >= 0.3 is 5.97 Å². The first-order valence-electron chi connectivity index (χ1n) is 13.4. The minimum atomic E-state index is -0.360. The van der Waals surface area contributed by atoms with Crippen molar-refractivity contribution >= 4 is 28.4 Å². The second kappa shape index (κ2) is 10.9. The van der Waals surface area contributed by atoms with Crippen LogP contribution in [-0.4, -0.2) is 54.8 Å². The van der Waals surface area contributed by atoms with Gasteiger partial charge < -0.3 is 18.9 Å². The molecular formula is C31H36N2O4. The molecule has 0 radical (unpaired) electrons. The number of rotatable bonds is 4. The zero-order valence-corrected chi connectivity index (χ0v) is 21.9. The van der Waals surface area contributed by atoms with Crippen LogP contribution in [0.4, 0.5) is 0 Å². The summed E-state index contributed by atoms with van der Waals surface area (Å²) in [4.78, 5) is 28.1. The van der Waals surface area contributed by atoms with E-state index in [2.05, 4.69) is 29.4 Å². The van der Waals surface area contributed by atoms with Crippen molar-refractivity contribution in [2.45, 2.75) is 51.5 Å². The van der Waals surface area contributed by atoms with Crippen molar-refractivity contribution in [3.8, 4) is 0 Å². The molecule has 0 unspecified atom stereocenters. The Morgan fingerprint density at radius 3 is 2.57 bits per heavy atom. The van der Waals surface area contributed by atoms with E-state index in [0.29, 0.717) is 44.3 Å². The zero-order chi connectivity index (χ0) is 25.9. The van der Waals surface area contributed by atoms with Crippen LogP contribution in [0.15, 0.2) is 60.2 Å². The molecule has 0 atom stereocenters. The van der Waals surface area contributed by atoms with Crippen molar-refractivity contribution < 1.29 is 19.1 Å². The first-order chi connectivity index (χ1) is 18.1. The smallest absolute Gasteiger partial charge is 0.337 e. The van der Waals surface area contributed by atoms with Gasteiger partial charge in [0.1, 0.15) is 0 Å². The van der Waals surface area contributed by atoms with E-state index in [4.69, 9.17) is 9.47 Å². The number of morpholine rings is 1. The summed E-state index contributed by atoms with van der Waals surface area (Å²) in [7, 11) is 1.41. The van der Waals surface area contributed by atoms with Crippen LogP contribution in [0.5, 0.6) is 0 Å². The average Bonchev–Trinajstić information content (AvgIpc) is 3.17. The van der Waals surface area contributed by atoms with Gasteiger partial charge in [-0.05, 0) is 55.0 Å². The lowest BCUT2D eigenvalue weighted by Gasteiger charge is -2.28. The number of fused-ring (bicyclic) bond motifs is 3. The third-order valence-corrected chi connectivity index (χ3v) is 7.93. The number of nitrogens with zero attached hydrogens (tertiary/aromatic N) is 2. The fraction of sp³-hybridized carbons (Fsp3) is 0.419. The highest BCUT2D eigenvalue weighted by Gasteiger charge is 2.32. The third-order valence-electron chi connectivity index (χ3n) is 7.93. The van der Waals surface area contributed by atoms with Crippen LogP contribution >= 0.6 is 0 Å². The summed E-state index contributed by atoms with van der Waals surface area (Å²) in [6.07, 6.45) is 14.0. The number of carbonyl (C=O) groups excluding carboxylic acids is 2. The molecule has 37 heavy (non-hydrogen) atoms. The molecule has 3 heterocycles. The maximum absolute atomic E-state index is 13.8. The fourth-order valence-corrected chi connectivity index (χ4v) is 6.13. The Kier molecular flexibility index (Phi) is 7.47. The molecule has 1 aromatic carbocycles. The highest BCUT2D eigenvalue weighted by molar-refractivity contribution is 6.02. The first-order valence-corrected chi connectivity index (χ1v) is 13.4. The van der Waals surface area contributed by atoms with Crippen LogP contribution in [0.1, 0.15) is 66.6 Å². The predicted octanol–water partition coefficient (Wildman–Crippen LogP) is 5.79. The summed E-state index contributed by atoms with van der Waals surface area (Å²) in [6, 6.07) is 5.87. The number of hydrogen-bond donors (Lipinski definition) is 0. The van der Waals surface area contributed by atoms with Crippen molar-refractivity contribution in [3.05, 3.63) is 77.0 Å². The molecule has 6 nitrogen and oxygen atoms in total. The highest BCUT2D eigenvalue weighted by Crippen LogP contribution is 2.45. The van der Waals surface area contributed by atoms with Crippen molar-refractivity contribution in [3.63, 3.8) is 0 Å². The second-order valence-electron chi connectivity index (χ2n) is 10.0. The van der Waals surface area contributed by atoms with Crippen molar-refractivity contribution in [2.75, 3.05) is 33.4 Å². The van der Waals surface area contributed by atoms with Crippen molar-refractivity contribution in [1.82, 2.24) is 9.47 Å². The number of ether oxygens (including phenoxy) is 2. The van der Waals surface area contributed by atoms with Crippen LogP contribution in [0.3, 0.4) is 0 Å². The summed E-state index contributed by atoms with van der Waals surface area (Å²) in [5.74, 6) is 0.111. The number of allylic oxidation sites excluding steroid dienone is 6. The van der Waals surface area contributed by atoms with E-state index >= 15 is 0 Å². The Labute approximate surface area is 218 Å². The van der Waals surface area contributed by atoms with E-state index in [1.807, 2.05) is 36.1 Å². The summed E-state index contributed by atoms with van der Waals surface area (Å²) in [6.45, 7) is 8.78. The number of benzene rings is 1. The lowest BCUT2D eigenvalue weighted by molar-refractivity contribution is -0.131. The Morgan fingerprint density at radius 2 is 1.89 bits per heavy atom. The zero-order valence-electron chi connectivity index (χ0n) is 21.9. The normalized spacial score (nSPS) is 21.0. The van der Waals surface area contributed by atoms with Crippen molar-refractivity contribution in [2.24, 2.45) is 0 Å². The van der Waals surface area contributed by atoms with Gasteiger partial charge in [0, 0.05) is 35.1 Å². The third kappa shape index (κ3) is 4.71. The van der Waals surface area contributed by atoms with E-state index in [1.165, 1.54) is 31.9 Å². The summed E-state index contributed by atoms with van der Waals surface area (Å²) in [5, 5.41) is 1.15. The standard InChI is InChI=1S/C31H36N2O4/c1-4-9-25-21(5-2)18-24(30(34)32-14-16-37-17-15-32)20-33-27-19-23(31(35)36-3)12-13-26(27)28(29(25)33)22-10-7-6-8-11-22/h4-5,9,12-13,18-19,22H,1,6-8,10-11,14-17,20H2,2-3H3/b21-5-,25-9+. The first kappa shape index (κ1) is 25.3. The lowest BCUT2D eigenvalue weighted by Crippen LogP contribution is -2.41. The van der Waals surface area contributed by atoms with E-state index < -0.39 is 0 Å². The van der Waals surface area contributed by atoms with Crippen LogP contribution in [0.25, 0.3) is 16.5 Å². The highest BCUT2D eigenvalue weighted by atomic mass is 16.5. The molecule has 3 aliphatic rings. The van der Waals surface area contributed by atoms with Gasteiger partial charge in [-0.25, -0.2) is 4.79 Å². The van der Waals surface area contributed by atoms with E-state index in [0.717, 1.165) is 46.2 Å². The van der Waals surface area contributed by atoms with Crippen LogP contribution < -0.4 is 0 Å². The molecule has 1 aliphatic carbocycles. The number of carbonyl (C=O) groups is 2. The number of hydrogen-bond acceptors (Lipinski definition) is 4. The van der Waals surface area contributed by atoms with Gasteiger partial charge in [0.15, 0.2) is 0 Å². The summed E-state index contributed by atoms with van der Waals surface area (Å²) < 4.78 is 12.8. The minimum absolute atomic E-state index is 0.0404. The SMILES string of the molecule is C=C/C=C1\C(=C/C)C=C(C(=O)N2CCOCC2)Cn2c1c(C1CCCCC1)c1ccc(C(=O)OC)cc12. The van der Waals surface area contributed by atoms with Gasteiger partial charge in [0.2, 0.25) is 0 Å². The van der Waals surface area contributed by atoms with Crippen molar-refractivity contribution in [1.29, 1.82) is 0 Å². The molecule has 2 aromatic rings. The van der Waals surface area contributed by atoms with Crippen LogP contribution in [0, 0.1) is 0 Å². The molecule has 1 amide bonds. The number of amides is 1. The lowest BCUT2D eigenvalue weighted by atomic mass is 9.81. The number of aromatic nitrogens is 1. The Hall–Kier alpha value is -3.38. The fourth-order valence-electron chi connectivity index (χ4n) is 6.13. The topological polar surface area (TPSA) is 60.8 Å². The number of methoxy groups -OCH3 is 1. The molecule has 0 spiro atoms. The monoisotopic (exact) mass is 500 g/mol. The van der Waals surface area contributed by atoms with Gasteiger partial charge in [-0.1, -0.05) is 50.1 Å². The Bertz CT molecular complexity index is 1310. The van der Waals surface area contributed by atoms with Crippen LogP contribution in [0.2, 0.25) is 0 Å². The van der Waals surface area contributed by atoms with E-state index in [-0.39, 0.29) is 11.9 Å². The molecule has 194 valence electrons. The van der Waals surface area contributed by atoms with Gasteiger partial charge in [0.25, 0.3) is 5.91 Å². The molecule has 0 N–H and O–H groups in total. The van der Waals surface area contributed by atoms with E-state index in [9.17, 15) is 9.59 Å². The van der Waals surface area contributed by atoms with Gasteiger partial charge in [-0.3, -0.25) is 4.79 Å². The molecule has 1 aromatic heterocycles. The summed E-state index contributed by atoms with van der Waals surface area (Å²) >= 11 is 0. The maximum Gasteiger partial charge on any atom is 0.337 e. The number of esters is 1. The largest absolute Gasteiger partial charge is 0.465 e. The average molecular weight is 501 g/mol. The molecule has 1 saturated heterocycles. The Balaban J connectivity index is 1.76. The molecular weight excluding hydrogens is 464 g/mol. The van der Waals surface area contributed by atoms with Gasteiger partial charge in [-0.2, -0.15) is 0 Å². The molecule has 5 rings (SSSR count). The second-order valence-corrected chi connectivity index (χ2v) is 10.0. The molecule has 2 aliphatic heterocycles. The quantitative estimate of drug-likeness (QED) is 0.499. The molecule has 2 fully saturated rings. The molecule has 6 heteroatoms. The van der Waals surface area contributed by atoms with Gasteiger partial charge in [0.05, 0.1) is 38.1 Å². The maximum atomic E-state index is 13.8.